The summed E-state index contributed by atoms with van der Waals surface area (Å²) in [5.41, 5.74) is 2.56. The highest BCUT2D eigenvalue weighted by atomic mass is 16.4. The maximum atomic E-state index is 13.6. The van der Waals surface area contributed by atoms with Crippen molar-refractivity contribution in [2.75, 3.05) is 6.54 Å². The van der Waals surface area contributed by atoms with Crippen LogP contribution in [0.4, 0.5) is 4.79 Å². The second-order valence-electron chi connectivity index (χ2n) is 13.7. The van der Waals surface area contributed by atoms with Crippen LogP contribution in [0.3, 0.4) is 0 Å². The fourth-order valence-corrected chi connectivity index (χ4v) is 5.52. The second kappa shape index (κ2) is 20.2. The quantitative estimate of drug-likeness (QED) is 0.107. The van der Waals surface area contributed by atoms with Crippen LogP contribution in [0.1, 0.15) is 77.8 Å². The summed E-state index contributed by atoms with van der Waals surface area (Å²) in [6.07, 6.45) is 1.48. The SMILES string of the molecule is CC[C@@H](Cn1nc(C)cc1C)C(=O)N[C@@H](CNC(=O)O)C(=O)N[C@@H](CC(C)C)[C@@H](O)C[C@@H](C)C(=O)N[C@H](C(=O)NCc1ccncc1)C(C)C. The summed E-state index contributed by atoms with van der Waals surface area (Å²) in [6.45, 7) is 14.8. The van der Waals surface area contributed by atoms with Gasteiger partial charge >= 0.3 is 6.09 Å². The lowest BCUT2D eigenvalue weighted by atomic mass is 9.91. The molecule has 2 aromatic rings. The van der Waals surface area contributed by atoms with E-state index in [2.05, 4.69) is 36.7 Å². The normalized spacial score (nSPS) is 14.9. The van der Waals surface area contributed by atoms with E-state index in [1.54, 1.807) is 36.1 Å². The number of carbonyl (C=O) groups excluding carboxylic acids is 4. The van der Waals surface area contributed by atoms with Gasteiger partial charge in [-0.3, -0.25) is 28.8 Å². The van der Waals surface area contributed by atoms with Gasteiger partial charge in [-0.25, -0.2) is 4.79 Å². The van der Waals surface area contributed by atoms with Crippen molar-refractivity contribution in [2.24, 2.45) is 23.7 Å². The summed E-state index contributed by atoms with van der Waals surface area (Å²) < 4.78 is 1.72. The molecule has 0 aromatic carbocycles. The molecule has 15 nitrogen and oxygen atoms in total. The van der Waals surface area contributed by atoms with E-state index in [0.717, 1.165) is 17.0 Å². The van der Waals surface area contributed by atoms with Crippen LogP contribution in [-0.4, -0.2) is 85.5 Å². The first kappa shape index (κ1) is 41.6. The van der Waals surface area contributed by atoms with Gasteiger partial charge in [0.05, 0.1) is 36.8 Å². The Morgan fingerprint density at radius 1 is 0.860 bits per heavy atom. The molecule has 0 aliphatic rings. The van der Waals surface area contributed by atoms with E-state index in [-0.39, 0.29) is 37.3 Å². The molecule has 7 N–H and O–H groups in total. The largest absolute Gasteiger partial charge is 0.465 e. The number of amides is 5. The highest BCUT2D eigenvalue weighted by Crippen LogP contribution is 2.17. The minimum Gasteiger partial charge on any atom is -0.465 e. The van der Waals surface area contributed by atoms with Gasteiger partial charge in [0.2, 0.25) is 23.6 Å². The molecule has 6 atom stereocenters. The van der Waals surface area contributed by atoms with E-state index in [9.17, 15) is 34.2 Å². The maximum Gasteiger partial charge on any atom is 0.404 e. The Balaban J connectivity index is 2.11. The first-order valence-corrected chi connectivity index (χ1v) is 17.3. The number of pyridine rings is 1. The molecular weight excluding hydrogens is 644 g/mol. The number of nitrogens with one attached hydrogen (secondary N) is 5. The van der Waals surface area contributed by atoms with E-state index in [4.69, 9.17) is 0 Å². The van der Waals surface area contributed by atoms with Crippen LogP contribution in [-0.2, 0) is 32.3 Å². The Morgan fingerprint density at radius 2 is 1.52 bits per heavy atom. The topological polar surface area (TPSA) is 217 Å². The number of rotatable bonds is 20. The number of aryl methyl sites for hydroxylation is 2. The third-order valence-electron chi connectivity index (χ3n) is 8.47. The Hall–Kier alpha value is -4.53. The number of hydrogen-bond acceptors (Lipinski definition) is 8. The minimum absolute atomic E-state index is 0.0299. The van der Waals surface area contributed by atoms with Crippen molar-refractivity contribution >= 4 is 29.7 Å². The van der Waals surface area contributed by atoms with Crippen LogP contribution < -0.4 is 26.6 Å². The predicted molar refractivity (Wildman–Crippen MR) is 187 cm³/mol. The molecule has 0 bridgehead atoms. The van der Waals surface area contributed by atoms with E-state index in [0.29, 0.717) is 12.8 Å². The number of aliphatic hydroxyl groups is 1. The Labute approximate surface area is 294 Å². The van der Waals surface area contributed by atoms with Crippen molar-refractivity contribution in [3.63, 3.8) is 0 Å². The summed E-state index contributed by atoms with van der Waals surface area (Å²) in [5, 5.41) is 38.3. The number of carboxylic acid groups (broad SMARTS) is 1. The molecule has 0 saturated heterocycles. The molecule has 50 heavy (non-hydrogen) atoms. The van der Waals surface area contributed by atoms with Gasteiger partial charge < -0.3 is 36.8 Å². The van der Waals surface area contributed by atoms with Crippen molar-refractivity contribution in [2.45, 2.75) is 112 Å². The van der Waals surface area contributed by atoms with Gasteiger partial charge in [0.1, 0.15) is 12.1 Å². The zero-order valence-electron chi connectivity index (χ0n) is 30.5. The first-order chi connectivity index (χ1) is 23.5. The molecule has 15 heteroatoms. The molecule has 2 aromatic heterocycles. The van der Waals surface area contributed by atoms with Gasteiger partial charge in [-0.15, -0.1) is 0 Å². The van der Waals surface area contributed by atoms with E-state index < -0.39 is 66.4 Å². The van der Waals surface area contributed by atoms with E-state index >= 15 is 0 Å². The van der Waals surface area contributed by atoms with Crippen molar-refractivity contribution in [3.05, 3.63) is 47.5 Å². The van der Waals surface area contributed by atoms with Crippen LogP contribution in [0.2, 0.25) is 0 Å². The number of nitrogens with zero attached hydrogens (tertiary/aromatic N) is 3. The third-order valence-corrected chi connectivity index (χ3v) is 8.47. The molecular formula is C35H56N8O7. The standard InChI is InChI=1S/C35H56N8O7/c1-9-26(19-43-24(8)16-23(7)42-43)32(46)40-28(18-38-35(49)50)33(47)39-27(14-20(2)3)29(44)15-22(6)31(45)41-30(21(4)5)34(48)37-17-25-10-12-36-13-11-25/h10-13,16,20-22,26-30,38,44H,9,14-15,17-19H2,1-8H3,(H,37,48)(H,39,47)(H,40,46)(H,41,45)(H,49,50)/t22-,26+,27+,28+,29+,30+/m1/s1. The molecule has 0 spiro atoms. The van der Waals surface area contributed by atoms with Gasteiger partial charge in [0.25, 0.3) is 0 Å². The van der Waals surface area contributed by atoms with Gasteiger partial charge in [0.15, 0.2) is 0 Å². The fraction of sp³-hybridized carbons (Fsp3) is 0.629. The van der Waals surface area contributed by atoms with Gasteiger partial charge in [-0.1, -0.05) is 41.5 Å². The molecule has 2 heterocycles. The predicted octanol–water partition coefficient (Wildman–Crippen LogP) is 2.05. The number of carbonyl (C=O) groups is 5. The molecule has 0 aliphatic carbocycles. The Morgan fingerprint density at radius 3 is 2.06 bits per heavy atom. The average molecular weight is 701 g/mol. The molecule has 2 rings (SSSR count). The van der Waals surface area contributed by atoms with Gasteiger partial charge in [0, 0.05) is 30.6 Å². The van der Waals surface area contributed by atoms with Crippen molar-refractivity contribution in [1.82, 2.24) is 41.3 Å². The fourth-order valence-electron chi connectivity index (χ4n) is 5.52. The molecule has 0 unspecified atom stereocenters. The van der Waals surface area contributed by atoms with Crippen LogP contribution >= 0.6 is 0 Å². The lowest BCUT2D eigenvalue weighted by molar-refractivity contribution is -0.133. The molecule has 0 aliphatic heterocycles. The number of aliphatic hydroxyl groups excluding tert-OH is 1. The molecule has 5 amide bonds. The highest BCUT2D eigenvalue weighted by molar-refractivity contribution is 5.90. The molecule has 278 valence electrons. The molecule has 0 radical (unpaired) electrons. The smallest absolute Gasteiger partial charge is 0.404 e. The minimum atomic E-state index is -1.36. The van der Waals surface area contributed by atoms with Crippen molar-refractivity contribution in [3.8, 4) is 0 Å². The molecule has 0 saturated carbocycles. The first-order valence-electron chi connectivity index (χ1n) is 17.3. The van der Waals surface area contributed by atoms with Crippen LogP contribution in [0, 0.1) is 37.5 Å². The summed E-state index contributed by atoms with van der Waals surface area (Å²) in [7, 11) is 0. The maximum absolute atomic E-state index is 13.6. The monoisotopic (exact) mass is 700 g/mol. The lowest BCUT2D eigenvalue weighted by Crippen LogP contribution is -2.57. The summed E-state index contributed by atoms with van der Waals surface area (Å²) in [6, 6.07) is 2.56. The van der Waals surface area contributed by atoms with Crippen molar-refractivity contribution in [1.29, 1.82) is 0 Å². The zero-order chi connectivity index (χ0) is 37.5. The third kappa shape index (κ3) is 13.8. The highest BCUT2D eigenvalue weighted by Gasteiger charge is 2.32. The summed E-state index contributed by atoms with van der Waals surface area (Å²) in [5.74, 6) is -3.35. The Bertz CT molecular complexity index is 1410. The van der Waals surface area contributed by atoms with Gasteiger partial charge in [-0.05, 0) is 68.7 Å². The molecule has 0 fully saturated rings. The lowest BCUT2D eigenvalue weighted by Gasteiger charge is -2.30. The zero-order valence-corrected chi connectivity index (χ0v) is 30.5. The van der Waals surface area contributed by atoms with Crippen LogP contribution in [0.25, 0.3) is 0 Å². The van der Waals surface area contributed by atoms with E-state index in [1.807, 2.05) is 54.5 Å². The number of aromatic nitrogens is 3. The van der Waals surface area contributed by atoms with Gasteiger partial charge in [-0.2, -0.15) is 5.10 Å². The summed E-state index contributed by atoms with van der Waals surface area (Å²) >= 11 is 0. The second-order valence-corrected chi connectivity index (χ2v) is 13.7. The Kier molecular flexibility index (Phi) is 16.8. The van der Waals surface area contributed by atoms with Crippen LogP contribution in [0.15, 0.2) is 30.6 Å². The summed E-state index contributed by atoms with van der Waals surface area (Å²) in [4.78, 5) is 68.4. The van der Waals surface area contributed by atoms with E-state index in [1.165, 1.54) is 0 Å². The average Bonchev–Trinajstić information content (AvgIpc) is 3.37. The number of hydrogen-bond donors (Lipinski definition) is 7. The van der Waals surface area contributed by atoms with Crippen molar-refractivity contribution < 1.29 is 34.2 Å². The van der Waals surface area contributed by atoms with Crippen LogP contribution in [0.5, 0.6) is 0 Å².